The molecule has 0 amide bonds. The number of carbonyl (C=O) groups excluding carboxylic acids is 1. The molecule has 0 saturated carbocycles. The van der Waals surface area contributed by atoms with E-state index in [1.165, 1.54) is 0 Å². The number of ether oxygens (including phenoxy) is 1. The van der Waals surface area contributed by atoms with Gasteiger partial charge in [-0.15, -0.1) is 13.2 Å². The fraction of sp³-hybridized carbons (Fsp3) is 0.462. The third-order valence-electron chi connectivity index (χ3n) is 2.92. The zero-order valence-corrected chi connectivity index (χ0v) is 10.8. The molecule has 6 heteroatoms. The molecule has 0 aliphatic rings. The van der Waals surface area contributed by atoms with E-state index in [4.69, 9.17) is 0 Å². The van der Waals surface area contributed by atoms with E-state index in [9.17, 15) is 22.4 Å². The van der Waals surface area contributed by atoms with Gasteiger partial charge in [-0.25, -0.2) is 4.39 Å². The van der Waals surface area contributed by atoms with Gasteiger partial charge in [-0.1, -0.05) is 20.8 Å². The Kier molecular flexibility index (Phi) is 4.22. The number of benzene rings is 1. The smallest absolute Gasteiger partial charge is 0.403 e. The van der Waals surface area contributed by atoms with Gasteiger partial charge < -0.3 is 4.74 Å². The maximum atomic E-state index is 13.5. The first kappa shape index (κ1) is 15.5. The maximum absolute atomic E-state index is 13.5. The Bertz CT molecular complexity index is 478. The molecule has 0 N–H and O–H groups in total. The van der Waals surface area contributed by atoms with Gasteiger partial charge in [0.2, 0.25) is 0 Å². The summed E-state index contributed by atoms with van der Waals surface area (Å²) in [5, 5.41) is 0. The average molecular weight is 278 g/mol. The SMILES string of the molecule is CCC(C)(C)C(=O)c1ccc(OC(F)(F)F)c(F)c1. The number of alkyl halides is 3. The zero-order valence-electron chi connectivity index (χ0n) is 10.8. The van der Waals surface area contributed by atoms with Crippen LogP contribution < -0.4 is 4.74 Å². The van der Waals surface area contributed by atoms with Gasteiger partial charge in [0.25, 0.3) is 0 Å². The molecule has 0 aliphatic carbocycles. The Labute approximate surface area is 108 Å². The van der Waals surface area contributed by atoms with E-state index < -0.39 is 23.3 Å². The van der Waals surface area contributed by atoms with Crippen LogP contribution in [-0.2, 0) is 0 Å². The second-order valence-electron chi connectivity index (χ2n) is 4.76. The van der Waals surface area contributed by atoms with Gasteiger partial charge in [-0.3, -0.25) is 4.79 Å². The maximum Gasteiger partial charge on any atom is 0.573 e. The topological polar surface area (TPSA) is 26.3 Å². The van der Waals surface area contributed by atoms with Gasteiger partial charge in [0.15, 0.2) is 17.3 Å². The molecule has 0 aromatic heterocycles. The highest BCUT2D eigenvalue weighted by Crippen LogP contribution is 2.30. The van der Waals surface area contributed by atoms with Crippen molar-refractivity contribution in [1.82, 2.24) is 0 Å². The van der Waals surface area contributed by atoms with Gasteiger partial charge in [0.1, 0.15) is 0 Å². The van der Waals surface area contributed by atoms with Crippen molar-refractivity contribution in [2.24, 2.45) is 5.41 Å². The lowest BCUT2D eigenvalue weighted by Gasteiger charge is -2.21. The van der Waals surface area contributed by atoms with Crippen molar-refractivity contribution in [3.8, 4) is 5.75 Å². The molecular formula is C13H14F4O2. The quantitative estimate of drug-likeness (QED) is 0.605. The molecule has 0 heterocycles. The van der Waals surface area contributed by atoms with Crippen LogP contribution in [0, 0.1) is 11.2 Å². The predicted octanol–water partition coefficient (Wildman–Crippen LogP) is 4.34. The molecule has 1 rings (SSSR count). The largest absolute Gasteiger partial charge is 0.573 e. The fourth-order valence-electron chi connectivity index (χ4n) is 1.40. The molecule has 0 bridgehead atoms. The van der Waals surface area contributed by atoms with Gasteiger partial charge in [0, 0.05) is 11.0 Å². The summed E-state index contributed by atoms with van der Waals surface area (Å²) in [6, 6.07) is 2.70. The third kappa shape index (κ3) is 3.94. The zero-order chi connectivity index (χ0) is 14.8. The second kappa shape index (κ2) is 5.19. The standard InChI is InChI=1S/C13H14F4O2/c1-4-12(2,3)11(18)8-5-6-10(9(14)7-8)19-13(15,16)17/h5-7H,4H2,1-3H3. The van der Waals surface area contributed by atoms with E-state index >= 15 is 0 Å². The van der Waals surface area contributed by atoms with Crippen molar-refractivity contribution >= 4 is 5.78 Å². The van der Waals surface area contributed by atoms with Crippen molar-refractivity contribution in [1.29, 1.82) is 0 Å². The Morgan fingerprint density at radius 2 is 1.84 bits per heavy atom. The molecule has 106 valence electrons. The lowest BCUT2D eigenvalue weighted by molar-refractivity contribution is -0.275. The molecule has 0 atom stereocenters. The summed E-state index contributed by atoms with van der Waals surface area (Å²) in [6.45, 7) is 5.18. The highest BCUT2D eigenvalue weighted by Gasteiger charge is 2.33. The highest BCUT2D eigenvalue weighted by molar-refractivity contribution is 6.00. The molecule has 2 nitrogen and oxygen atoms in total. The number of Topliss-reactive ketones (excluding diaryl/α,β-unsaturated/α-hetero) is 1. The fourth-order valence-corrected chi connectivity index (χ4v) is 1.40. The number of hydrogen-bond acceptors (Lipinski definition) is 2. The number of carbonyl (C=O) groups is 1. The van der Waals surface area contributed by atoms with Crippen LogP contribution in [0.1, 0.15) is 37.6 Å². The number of ketones is 1. The molecule has 19 heavy (non-hydrogen) atoms. The van der Waals surface area contributed by atoms with Crippen molar-refractivity contribution in [3.63, 3.8) is 0 Å². The van der Waals surface area contributed by atoms with Crippen molar-refractivity contribution in [2.45, 2.75) is 33.6 Å². The summed E-state index contributed by atoms with van der Waals surface area (Å²) in [7, 11) is 0. The van der Waals surface area contributed by atoms with Gasteiger partial charge in [-0.05, 0) is 24.6 Å². The third-order valence-corrected chi connectivity index (χ3v) is 2.92. The Morgan fingerprint density at radius 1 is 1.26 bits per heavy atom. The number of halogens is 4. The van der Waals surface area contributed by atoms with Crippen LogP contribution in [0.2, 0.25) is 0 Å². The summed E-state index contributed by atoms with van der Waals surface area (Å²) >= 11 is 0. The van der Waals surface area contributed by atoms with Crippen molar-refractivity contribution in [3.05, 3.63) is 29.6 Å². The molecule has 1 aromatic carbocycles. The molecule has 0 saturated heterocycles. The summed E-state index contributed by atoms with van der Waals surface area (Å²) in [5.74, 6) is -2.49. The first-order chi connectivity index (χ1) is 8.57. The second-order valence-corrected chi connectivity index (χ2v) is 4.76. The lowest BCUT2D eigenvalue weighted by atomic mass is 9.82. The van der Waals surface area contributed by atoms with Crippen LogP contribution in [0.3, 0.4) is 0 Å². The van der Waals surface area contributed by atoms with E-state index in [1.54, 1.807) is 20.8 Å². The Balaban J connectivity index is 3.04. The minimum Gasteiger partial charge on any atom is -0.403 e. The van der Waals surface area contributed by atoms with E-state index in [0.29, 0.717) is 6.42 Å². The van der Waals surface area contributed by atoms with E-state index in [1.807, 2.05) is 0 Å². The average Bonchev–Trinajstić information content (AvgIpc) is 2.29. The number of hydrogen-bond donors (Lipinski definition) is 0. The summed E-state index contributed by atoms with van der Waals surface area (Å²) in [6.07, 6.45) is -4.43. The van der Waals surface area contributed by atoms with Crippen LogP contribution in [0.25, 0.3) is 0 Å². The summed E-state index contributed by atoms with van der Waals surface area (Å²) < 4.78 is 52.9. The first-order valence-corrected chi connectivity index (χ1v) is 5.67. The van der Waals surface area contributed by atoms with Crippen LogP contribution in [0.4, 0.5) is 17.6 Å². The molecular weight excluding hydrogens is 264 g/mol. The van der Waals surface area contributed by atoms with E-state index in [-0.39, 0.29) is 11.3 Å². The molecule has 0 unspecified atom stereocenters. The molecule has 0 radical (unpaired) electrons. The minimum atomic E-state index is -4.96. The van der Waals surface area contributed by atoms with Crippen molar-refractivity contribution in [2.75, 3.05) is 0 Å². The molecule has 0 fully saturated rings. The lowest BCUT2D eigenvalue weighted by Crippen LogP contribution is -2.23. The molecule has 0 aliphatic heterocycles. The van der Waals surface area contributed by atoms with Gasteiger partial charge in [-0.2, -0.15) is 0 Å². The summed E-state index contributed by atoms with van der Waals surface area (Å²) in [4.78, 5) is 12.0. The number of rotatable bonds is 4. The minimum absolute atomic E-state index is 0.0267. The highest BCUT2D eigenvalue weighted by atomic mass is 19.4. The Hall–Kier alpha value is -1.59. The van der Waals surface area contributed by atoms with Crippen LogP contribution in [0.5, 0.6) is 5.75 Å². The molecule has 1 aromatic rings. The predicted molar refractivity (Wildman–Crippen MR) is 61.5 cm³/mol. The van der Waals surface area contributed by atoms with Crippen LogP contribution in [-0.4, -0.2) is 12.1 Å². The first-order valence-electron chi connectivity index (χ1n) is 5.67. The van der Waals surface area contributed by atoms with Crippen molar-refractivity contribution < 1.29 is 27.1 Å². The molecule has 0 spiro atoms. The van der Waals surface area contributed by atoms with E-state index in [2.05, 4.69) is 4.74 Å². The van der Waals surface area contributed by atoms with Gasteiger partial charge >= 0.3 is 6.36 Å². The Morgan fingerprint density at radius 3 is 2.26 bits per heavy atom. The monoisotopic (exact) mass is 278 g/mol. The normalized spacial score (nSPS) is 12.4. The van der Waals surface area contributed by atoms with E-state index in [0.717, 1.165) is 18.2 Å². The summed E-state index contributed by atoms with van der Waals surface area (Å²) in [5.41, 5.74) is -0.669. The van der Waals surface area contributed by atoms with Crippen LogP contribution >= 0.6 is 0 Å². The van der Waals surface area contributed by atoms with Crippen LogP contribution in [0.15, 0.2) is 18.2 Å². The van der Waals surface area contributed by atoms with Gasteiger partial charge in [0.05, 0.1) is 0 Å².